The third kappa shape index (κ3) is 3.75. The van der Waals surface area contributed by atoms with Crippen LogP contribution in [0.2, 0.25) is 0 Å². The van der Waals surface area contributed by atoms with E-state index in [0.717, 1.165) is 16.9 Å². The molecule has 0 saturated heterocycles. The number of hydrogen-bond donors (Lipinski definition) is 2. The number of carbonyl (C=O) groups excluding carboxylic acids is 1. The molecule has 0 aliphatic heterocycles. The largest absolute Gasteiger partial charge is 0.496 e. The fraction of sp³-hybridized carbons (Fsp3) is 0.462. The summed E-state index contributed by atoms with van der Waals surface area (Å²) in [6, 6.07) is 5.93. The molecule has 1 amide bonds. The molecule has 1 aromatic carbocycles. The molecule has 0 atom stereocenters. The Morgan fingerprint density at radius 3 is 2.71 bits per heavy atom. The van der Waals surface area contributed by atoms with Gasteiger partial charge in [0, 0.05) is 6.54 Å². The average Bonchev–Trinajstić information content (AvgIpc) is 2.35. The highest BCUT2D eigenvalue weighted by Crippen LogP contribution is 2.27. The number of ether oxygens (including phenoxy) is 1. The first-order valence-corrected chi connectivity index (χ1v) is 5.72. The van der Waals surface area contributed by atoms with Gasteiger partial charge in [-0.1, -0.05) is 26.0 Å². The number of methoxy groups -OCH3 is 1. The minimum atomic E-state index is -0.146. The Labute approximate surface area is 102 Å². The lowest BCUT2D eigenvalue weighted by Gasteiger charge is -2.13. The van der Waals surface area contributed by atoms with Crippen LogP contribution in [-0.4, -0.2) is 19.6 Å². The van der Waals surface area contributed by atoms with Crippen molar-refractivity contribution in [3.8, 4) is 5.75 Å². The number of amides is 1. The fourth-order valence-electron chi connectivity index (χ4n) is 1.62. The summed E-state index contributed by atoms with van der Waals surface area (Å²) >= 11 is 0. The number of nitrogens with two attached hydrogens (primary N) is 1. The highest BCUT2D eigenvalue weighted by Gasteiger charge is 2.08. The van der Waals surface area contributed by atoms with Crippen LogP contribution in [-0.2, 0) is 11.3 Å². The molecule has 4 nitrogen and oxygen atoms in total. The number of rotatable bonds is 5. The lowest BCUT2D eigenvalue weighted by Crippen LogP contribution is -2.29. The maximum absolute atomic E-state index is 11.1. The van der Waals surface area contributed by atoms with Crippen LogP contribution in [0.25, 0.3) is 0 Å². The summed E-state index contributed by atoms with van der Waals surface area (Å²) in [6.07, 6.45) is 0. The Morgan fingerprint density at radius 1 is 1.47 bits per heavy atom. The van der Waals surface area contributed by atoms with Gasteiger partial charge in [0.05, 0.1) is 13.7 Å². The van der Waals surface area contributed by atoms with Crippen molar-refractivity contribution < 1.29 is 9.53 Å². The van der Waals surface area contributed by atoms with E-state index >= 15 is 0 Å². The zero-order chi connectivity index (χ0) is 12.8. The molecule has 0 aliphatic rings. The van der Waals surface area contributed by atoms with Gasteiger partial charge in [0.25, 0.3) is 0 Å². The van der Waals surface area contributed by atoms with Crippen LogP contribution in [0.1, 0.15) is 30.9 Å². The first kappa shape index (κ1) is 13.5. The standard InChI is InChI=1S/C13H20N2O2/c1-9(2)11-6-10(4-5-12(11)17-3)8-15-13(16)7-14/h4-6,9H,7-8,14H2,1-3H3,(H,15,16). The maximum Gasteiger partial charge on any atom is 0.234 e. The molecule has 3 N–H and O–H groups in total. The molecule has 0 aliphatic carbocycles. The van der Waals surface area contributed by atoms with Crippen molar-refractivity contribution in [3.63, 3.8) is 0 Å². The molecule has 0 aromatic heterocycles. The second kappa shape index (κ2) is 6.25. The van der Waals surface area contributed by atoms with Crippen LogP contribution in [0.3, 0.4) is 0 Å². The maximum atomic E-state index is 11.1. The molecule has 94 valence electrons. The highest BCUT2D eigenvalue weighted by molar-refractivity contribution is 5.77. The SMILES string of the molecule is COc1ccc(CNC(=O)CN)cc1C(C)C. The molecule has 0 unspecified atom stereocenters. The van der Waals surface area contributed by atoms with Crippen LogP contribution in [0.15, 0.2) is 18.2 Å². The van der Waals surface area contributed by atoms with Crippen LogP contribution < -0.4 is 15.8 Å². The van der Waals surface area contributed by atoms with Crippen molar-refractivity contribution in [2.24, 2.45) is 5.73 Å². The second-order valence-electron chi connectivity index (χ2n) is 4.21. The van der Waals surface area contributed by atoms with Gasteiger partial charge in [-0.05, 0) is 23.1 Å². The van der Waals surface area contributed by atoms with Crippen LogP contribution in [0, 0.1) is 0 Å². The van der Waals surface area contributed by atoms with Gasteiger partial charge in [0.15, 0.2) is 0 Å². The Morgan fingerprint density at radius 2 is 2.18 bits per heavy atom. The summed E-state index contributed by atoms with van der Waals surface area (Å²) in [5.41, 5.74) is 7.43. The van der Waals surface area contributed by atoms with Crippen LogP contribution in [0.5, 0.6) is 5.75 Å². The molecule has 0 radical (unpaired) electrons. The van der Waals surface area contributed by atoms with Crippen molar-refractivity contribution in [1.29, 1.82) is 0 Å². The quantitative estimate of drug-likeness (QED) is 0.812. The van der Waals surface area contributed by atoms with Crippen molar-refractivity contribution in [1.82, 2.24) is 5.32 Å². The number of nitrogens with one attached hydrogen (secondary N) is 1. The van der Waals surface area contributed by atoms with E-state index in [2.05, 4.69) is 25.2 Å². The fourth-order valence-corrected chi connectivity index (χ4v) is 1.62. The van der Waals surface area contributed by atoms with E-state index < -0.39 is 0 Å². The molecule has 0 bridgehead atoms. The zero-order valence-corrected chi connectivity index (χ0v) is 10.6. The molecule has 0 saturated carbocycles. The molecule has 4 heteroatoms. The van der Waals surface area contributed by atoms with Crippen LogP contribution in [0.4, 0.5) is 0 Å². The summed E-state index contributed by atoms with van der Waals surface area (Å²) in [6.45, 7) is 4.74. The summed E-state index contributed by atoms with van der Waals surface area (Å²) in [7, 11) is 1.66. The summed E-state index contributed by atoms with van der Waals surface area (Å²) < 4.78 is 5.30. The molecule has 17 heavy (non-hydrogen) atoms. The predicted molar refractivity (Wildman–Crippen MR) is 68.0 cm³/mol. The third-order valence-corrected chi connectivity index (χ3v) is 2.59. The van der Waals surface area contributed by atoms with E-state index in [4.69, 9.17) is 10.5 Å². The topological polar surface area (TPSA) is 64.3 Å². The first-order valence-electron chi connectivity index (χ1n) is 5.72. The number of carbonyl (C=O) groups is 1. The smallest absolute Gasteiger partial charge is 0.234 e. The molecular weight excluding hydrogens is 216 g/mol. The molecule has 1 rings (SSSR count). The monoisotopic (exact) mass is 236 g/mol. The van der Waals surface area contributed by atoms with Crippen molar-refractivity contribution in [2.75, 3.05) is 13.7 Å². The van der Waals surface area contributed by atoms with Gasteiger partial charge < -0.3 is 15.8 Å². The number of benzene rings is 1. The lowest BCUT2D eigenvalue weighted by atomic mass is 9.99. The van der Waals surface area contributed by atoms with Gasteiger partial charge in [-0.25, -0.2) is 0 Å². The van der Waals surface area contributed by atoms with Gasteiger partial charge in [-0.15, -0.1) is 0 Å². The van der Waals surface area contributed by atoms with E-state index in [1.54, 1.807) is 7.11 Å². The summed E-state index contributed by atoms with van der Waals surface area (Å²) in [5.74, 6) is 1.12. The van der Waals surface area contributed by atoms with Crippen LogP contribution >= 0.6 is 0 Å². The average molecular weight is 236 g/mol. The minimum absolute atomic E-state index is 0.0210. The molecule has 0 heterocycles. The third-order valence-electron chi connectivity index (χ3n) is 2.59. The first-order chi connectivity index (χ1) is 8.08. The second-order valence-corrected chi connectivity index (χ2v) is 4.21. The normalized spacial score (nSPS) is 10.4. The van der Waals surface area contributed by atoms with Crippen molar-refractivity contribution in [2.45, 2.75) is 26.3 Å². The molecule has 0 spiro atoms. The Balaban J connectivity index is 2.81. The highest BCUT2D eigenvalue weighted by atomic mass is 16.5. The van der Waals surface area contributed by atoms with Gasteiger partial charge in [0.2, 0.25) is 5.91 Å². The van der Waals surface area contributed by atoms with E-state index in [9.17, 15) is 4.79 Å². The molecule has 0 fully saturated rings. The Hall–Kier alpha value is -1.55. The van der Waals surface area contributed by atoms with E-state index in [1.165, 1.54) is 0 Å². The Bertz CT molecular complexity index is 389. The van der Waals surface area contributed by atoms with E-state index in [1.807, 2.05) is 12.1 Å². The van der Waals surface area contributed by atoms with Gasteiger partial charge in [-0.3, -0.25) is 4.79 Å². The van der Waals surface area contributed by atoms with E-state index in [0.29, 0.717) is 12.5 Å². The predicted octanol–water partition coefficient (Wildman–Crippen LogP) is 1.39. The zero-order valence-electron chi connectivity index (χ0n) is 10.6. The van der Waals surface area contributed by atoms with Gasteiger partial charge in [0.1, 0.15) is 5.75 Å². The van der Waals surface area contributed by atoms with Crippen molar-refractivity contribution >= 4 is 5.91 Å². The van der Waals surface area contributed by atoms with Gasteiger partial charge in [-0.2, -0.15) is 0 Å². The summed E-state index contributed by atoms with van der Waals surface area (Å²) in [4.78, 5) is 11.1. The minimum Gasteiger partial charge on any atom is -0.496 e. The Kier molecular flexibility index (Phi) is 4.97. The summed E-state index contributed by atoms with van der Waals surface area (Å²) in [5, 5.41) is 2.75. The van der Waals surface area contributed by atoms with Gasteiger partial charge >= 0.3 is 0 Å². The molecule has 1 aromatic rings. The lowest BCUT2D eigenvalue weighted by molar-refractivity contribution is -0.119. The van der Waals surface area contributed by atoms with Crippen molar-refractivity contribution in [3.05, 3.63) is 29.3 Å². The van der Waals surface area contributed by atoms with E-state index in [-0.39, 0.29) is 12.5 Å². The molecular formula is C13H20N2O2. The number of hydrogen-bond acceptors (Lipinski definition) is 3.